The summed E-state index contributed by atoms with van der Waals surface area (Å²) in [5.41, 5.74) is 1.06. The van der Waals surface area contributed by atoms with E-state index < -0.39 is 0 Å². The van der Waals surface area contributed by atoms with Crippen LogP contribution in [0.2, 0.25) is 0 Å². The third-order valence-corrected chi connectivity index (χ3v) is 2.95. The van der Waals surface area contributed by atoms with Crippen LogP contribution in [-0.4, -0.2) is 29.8 Å². The van der Waals surface area contributed by atoms with E-state index in [-0.39, 0.29) is 24.4 Å². The minimum atomic E-state index is -0.160. The first kappa shape index (κ1) is 11.6. The van der Waals surface area contributed by atoms with Crippen molar-refractivity contribution in [2.24, 2.45) is 0 Å². The van der Waals surface area contributed by atoms with Crippen molar-refractivity contribution in [3.8, 4) is 0 Å². The standard InChI is InChI=1S/C13H16N2O2/c1-10(11-5-3-2-4-6-11)14-13(17)15-8-7-12(16)9-15/h2-6,10H,7-9H2,1H3,(H,14,17)/t10-/m0/s1. The van der Waals surface area contributed by atoms with Gasteiger partial charge < -0.3 is 10.2 Å². The van der Waals surface area contributed by atoms with Gasteiger partial charge in [-0.1, -0.05) is 30.3 Å². The molecule has 1 aliphatic rings. The Morgan fingerprint density at radius 2 is 2.06 bits per heavy atom. The van der Waals surface area contributed by atoms with Crippen molar-refractivity contribution in [1.82, 2.24) is 10.2 Å². The number of amides is 2. The second kappa shape index (κ2) is 4.99. The predicted octanol–water partition coefficient (Wildman–Crippen LogP) is 1.73. The van der Waals surface area contributed by atoms with Crippen LogP contribution in [0.1, 0.15) is 24.9 Å². The average molecular weight is 232 g/mol. The molecule has 0 aromatic heterocycles. The summed E-state index contributed by atoms with van der Waals surface area (Å²) < 4.78 is 0. The third kappa shape index (κ3) is 2.84. The Bertz CT molecular complexity index is 417. The summed E-state index contributed by atoms with van der Waals surface area (Å²) in [5.74, 6) is 0.132. The Morgan fingerprint density at radius 3 is 2.65 bits per heavy atom. The molecule has 4 heteroatoms. The smallest absolute Gasteiger partial charge is 0.318 e. The highest BCUT2D eigenvalue weighted by atomic mass is 16.2. The fourth-order valence-corrected chi connectivity index (χ4v) is 1.91. The van der Waals surface area contributed by atoms with Gasteiger partial charge in [-0.2, -0.15) is 0 Å². The number of carbonyl (C=O) groups is 2. The molecule has 0 aliphatic carbocycles. The van der Waals surface area contributed by atoms with Crippen LogP contribution in [0.15, 0.2) is 30.3 Å². The zero-order valence-electron chi connectivity index (χ0n) is 9.85. The fourth-order valence-electron chi connectivity index (χ4n) is 1.91. The Labute approximate surface area is 101 Å². The number of Topliss-reactive ketones (excluding diaryl/α,β-unsaturated/α-hetero) is 1. The predicted molar refractivity (Wildman–Crippen MR) is 64.6 cm³/mol. The SMILES string of the molecule is C[C@H](NC(=O)N1CCC(=O)C1)c1ccccc1. The number of rotatable bonds is 2. The van der Waals surface area contributed by atoms with E-state index in [0.29, 0.717) is 13.0 Å². The lowest BCUT2D eigenvalue weighted by Gasteiger charge is -2.20. The van der Waals surface area contributed by atoms with Crippen LogP contribution in [0.5, 0.6) is 0 Å². The van der Waals surface area contributed by atoms with Crippen molar-refractivity contribution in [2.75, 3.05) is 13.1 Å². The van der Waals surface area contributed by atoms with Gasteiger partial charge in [-0.3, -0.25) is 4.79 Å². The van der Waals surface area contributed by atoms with Crippen molar-refractivity contribution in [1.29, 1.82) is 0 Å². The molecule has 2 rings (SSSR count). The monoisotopic (exact) mass is 232 g/mol. The first-order chi connectivity index (χ1) is 8.16. The molecular formula is C13H16N2O2. The van der Waals surface area contributed by atoms with E-state index >= 15 is 0 Å². The molecule has 4 nitrogen and oxygen atoms in total. The maximum atomic E-state index is 11.8. The van der Waals surface area contributed by atoms with E-state index in [1.807, 2.05) is 37.3 Å². The van der Waals surface area contributed by atoms with Gasteiger partial charge in [-0.05, 0) is 12.5 Å². The van der Waals surface area contributed by atoms with Gasteiger partial charge in [0.25, 0.3) is 0 Å². The number of likely N-dealkylation sites (tertiary alicyclic amines) is 1. The fraction of sp³-hybridized carbons (Fsp3) is 0.385. The summed E-state index contributed by atoms with van der Waals surface area (Å²) in [6, 6.07) is 9.57. The molecule has 1 heterocycles. The van der Waals surface area contributed by atoms with Crippen LogP contribution >= 0.6 is 0 Å². The van der Waals surface area contributed by atoms with Gasteiger partial charge in [0.2, 0.25) is 0 Å². The highest BCUT2D eigenvalue weighted by Gasteiger charge is 2.24. The van der Waals surface area contributed by atoms with Gasteiger partial charge >= 0.3 is 6.03 Å². The van der Waals surface area contributed by atoms with Crippen molar-refractivity contribution in [2.45, 2.75) is 19.4 Å². The third-order valence-electron chi connectivity index (χ3n) is 2.95. The van der Waals surface area contributed by atoms with Crippen LogP contribution < -0.4 is 5.32 Å². The van der Waals surface area contributed by atoms with E-state index in [4.69, 9.17) is 0 Å². The molecule has 1 aromatic rings. The highest BCUT2D eigenvalue weighted by Crippen LogP contribution is 2.12. The second-order valence-electron chi connectivity index (χ2n) is 4.29. The zero-order valence-corrected chi connectivity index (χ0v) is 9.85. The molecule has 2 amide bonds. The first-order valence-electron chi connectivity index (χ1n) is 5.79. The normalized spacial score (nSPS) is 17.0. The van der Waals surface area contributed by atoms with Gasteiger partial charge in [0.05, 0.1) is 12.6 Å². The van der Waals surface area contributed by atoms with Crippen molar-refractivity contribution < 1.29 is 9.59 Å². The molecule has 1 atom stereocenters. The molecule has 90 valence electrons. The number of nitrogens with zero attached hydrogens (tertiary/aromatic N) is 1. The largest absolute Gasteiger partial charge is 0.331 e. The maximum absolute atomic E-state index is 11.8. The molecule has 0 unspecified atom stereocenters. The van der Waals surface area contributed by atoms with Gasteiger partial charge in [0.1, 0.15) is 0 Å². The number of urea groups is 1. The van der Waals surface area contributed by atoms with E-state index in [1.165, 1.54) is 0 Å². The van der Waals surface area contributed by atoms with Gasteiger partial charge in [0, 0.05) is 13.0 Å². The summed E-state index contributed by atoms with van der Waals surface area (Å²) in [6.45, 7) is 2.71. The Morgan fingerprint density at radius 1 is 1.35 bits per heavy atom. The van der Waals surface area contributed by atoms with Crippen molar-refractivity contribution in [3.63, 3.8) is 0 Å². The van der Waals surface area contributed by atoms with Crippen LogP contribution in [0.3, 0.4) is 0 Å². The minimum absolute atomic E-state index is 0.0422. The average Bonchev–Trinajstić information content (AvgIpc) is 2.77. The first-order valence-corrected chi connectivity index (χ1v) is 5.79. The van der Waals surface area contributed by atoms with E-state index in [2.05, 4.69) is 5.32 Å². The van der Waals surface area contributed by atoms with E-state index in [9.17, 15) is 9.59 Å². The molecular weight excluding hydrogens is 216 g/mol. The Balaban J connectivity index is 1.93. The lowest BCUT2D eigenvalue weighted by Crippen LogP contribution is -2.39. The number of benzene rings is 1. The summed E-state index contributed by atoms with van der Waals surface area (Å²) in [6.07, 6.45) is 0.479. The van der Waals surface area contributed by atoms with Crippen molar-refractivity contribution >= 4 is 11.8 Å². The van der Waals surface area contributed by atoms with Crippen molar-refractivity contribution in [3.05, 3.63) is 35.9 Å². The van der Waals surface area contributed by atoms with E-state index in [0.717, 1.165) is 5.56 Å². The van der Waals surface area contributed by atoms with E-state index in [1.54, 1.807) is 4.90 Å². The summed E-state index contributed by atoms with van der Waals surface area (Å²) in [4.78, 5) is 24.5. The van der Waals surface area contributed by atoms with Gasteiger partial charge in [0.15, 0.2) is 5.78 Å². The summed E-state index contributed by atoms with van der Waals surface area (Å²) in [7, 11) is 0. The molecule has 0 saturated carbocycles. The lowest BCUT2D eigenvalue weighted by atomic mass is 10.1. The molecule has 0 spiro atoms. The molecule has 1 saturated heterocycles. The number of hydrogen-bond donors (Lipinski definition) is 1. The number of ketones is 1. The highest BCUT2D eigenvalue weighted by molar-refractivity contribution is 5.88. The van der Waals surface area contributed by atoms with Gasteiger partial charge in [-0.25, -0.2) is 4.79 Å². The number of hydrogen-bond acceptors (Lipinski definition) is 2. The number of nitrogens with one attached hydrogen (secondary N) is 1. The molecule has 0 radical (unpaired) electrons. The topological polar surface area (TPSA) is 49.4 Å². The molecule has 0 bridgehead atoms. The summed E-state index contributed by atoms with van der Waals surface area (Å²) in [5, 5.41) is 2.89. The molecule has 1 fully saturated rings. The summed E-state index contributed by atoms with van der Waals surface area (Å²) >= 11 is 0. The van der Waals surface area contributed by atoms with Crippen LogP contribution in [0.4, 0.5) is 4.79 Å². The zero-order chi connectivity index (χ0) is 12.3. The van der Waals surface area contributed by atoms with Gasteiger partial charge in [-0.15, -0.1) is 0 Å². The molecule has 17 heavy (non-hydrogen) atoms. The molecule has 1 aromatic carbocycles. The second-order valence-corrected chi connectivity index (χ2v) is 4.29. The number of carbonyl (C=O) groups excluding carboxylic acids is 2. The van der Waals surface area contributed by atoms with Crippen LogP contribution in [0.25, 0.3) is 0 Å². The van der Waals surface area contributed by atoms with Crippen LogP contribution in [0, 0.1) is 0 Å². The van der Waals surface area contributed by atoms with Crippen LogP contribution in [-0.2, 0) is 4.79 Å². The molecule has 1 N–H and O–H groups in total. The Hall–Kier alpha value is -1.84. The quantitative estimate of drug-likeness (QED) is 0.844. The maximum Gasteiger partial charge on any atom is 0.318 e. The Kier molecular flexibility index (Phi) is 3.42. The molecule has 1 aliphatic heterocycles. The minimum Gasteiger partial charge on any atom is -0.331 e. The lowest BCUT2D eigenvalue weighted by molar-refractivity contribution is -0.116.